The Morgan fingerprint density at radius 3 is 2.68 bits per heavy atom. The lowest BCUT2D eigenvalue weighted by molar-refractivity contribution is -0.130. The highest BCUT2D eigenvalue weighted by atomic mass is 16.6. The minimum Gasteiger partial charge on any atom is -0.485 e. The monoisotopic (exact) mass is 337 g/mol. The molecule has 1 aromatic heterocycles. The van der Waals surface area contributed by atoms with Crippen LogP contribution >= 0.6 is 0 Å². The number of amides is 1. The molecule has 2 N–H and O–H groups in total. The first kappa shape index (κ1) is 15.2. The van der Waals surface area contributed by atoms with E-state index < -0.39 is 6.10 Å². The second-order valence-electron chi connectivity index (χ2n) is 5.63. The van der Waals surface area contributed by atoms with Gasteiger partial charge in [0.05, 0.1) is 17.6 Å². The number of H-pyrrole nitrogens is 1. The Bertz CT molecular complexity index is 999. The molecule has 0 radical (unpaired) electrons. The van der Waals surface area contributed by atoms with E-state index in [1.54, 1.807) is 30.3 Å². The number of hydrogen-bond acceptors (Lipinski definition) is 5. The molecule has 0 saturated carbocycles. The van der Waals surface area contributed by atoms with Crippen LogP contribution in [-0.4, -0.2) is 28.8 Å². The maximum atomic E-state index is 12.4. The molecule has 1 aliphatic heterocycles. The fourth-order valence-electron chi connectivity index (χ4n) is 2.74. The van der Waals surface area contributed by atoms with Crippen LogP contribution in [-0.2, 0) is 11.3 Å². The van der Waals surface area contributed by atoms with Crippen LogP contribution in [0.5, 0.6) is 11.5 Å². The average Bonchev–Trinajstić information content (AvgIpc) is 2.67. The van der Waals surface area contributed by atoms with Gasteiger partial charge in [0.1, 0.15) is 6.61 Å². The van der Waals surface area contributed by atoms with E-state index in [0.717, 1.165) is 0 Å². The van der Waals surface area contributed by atoms with E-state index in [4.69, 9.17) is 9.47 Å². The van der Waals surface area contributed by atoms with Crippen molar-refractivity contribution < 1.29 is 14.3 Å². The van der Waals surface area contributed by atoms with Crippen LogP contribution in [0.3, 0.4) is 0 Å². The van der Waals surface area contributed by atoms with Gasteiger partial charge in [0.2, 0.25) is 6.10 Å². The number of aromatic amines is 1. The van der Waals surface area contributed by atoms with Crippen molar-refractivity contribution in [1.82, 2.24) is 15.5 Å². The largest absolute Gasteiger partial charge is 0.485 e. The van der Waals surface area contributed by atoms with Crippen molar-refractivity contribution in [2.24, 2.45) is 0 Å². The van der Waals surface area contributed by atoms with Crippen molar-refractivity contribution in [3.63, 3.8) is 0 Å². The molecule has 1 aliphatic rings. The molecule has 0 spiro atoms. The molecule has 1 atom stereocenters. The molecule has 0 aliphatic carbocycles. The summed E-state index contributed by atoms with van der Waals surface area (Å²) in [6.07, 6.45) is -0.732. The summed E-state index contributed by atoms with van der Waals surface area (Å²) < 4.78 is 11.2. The van der Waals surface area contributed by atoms with Crippen molar-refractivity contribution >= 4 is 16.7 Å². The minimum atomic E-state index is -0.732. The Labute approximate surface area is 142 Å². The highest BCUT2D eigenvalue weighted by molar-refractivity contribution is 5.85. The highest BCUT2D eigenvalue weighted by Gasteiger charge is 2.27. The Morgan fingerprint density at radius 2 is 1.84 bits per heavy atom. The smallest absolute Gasteiger partial charge is 0.272 e. The summed E-state index contributed by atoms with van der Waals surface area (Å²) in [6.45, 7) is 0.320. The number of nitrogens with zero attached hydrogens (tertiary/aromatic N) is 1. The number of para-hydroxylation sites is 2. The third kappa shape index (κ3) is 2.91. The van der Waals surface area contributed by atoms with Gasteiger partial charge < -0.3 is 14.8 Å². The lowest BCUT2D eigenvalue weighted by Crippen LogP contribution is -2.43. The van der Waals surface area contributed by atoms with Gasteiger partial charge in [0.25, 0.3) is 11.5 Å². The van der Waals surface area contributed by atoms with E-state index in [2.05, 4.69) is 15.5 Å². The molecule has 7 nitrogen and oxygen atoms in total. The SMILES string of the molecule is O=C(NCc1n[nH]c(=O)c2ccccc12)C1COc2ccccc2O1. The predicted molar refractivity (Wildman–Crippen MR) is 90.6 cm³/mol. The van der Waals surface area contributed by atoms with Crippen molar-refractivity contribution in [3.05, 3.63) is 64.6 Å². The number of nitrogens with one attached hydrogen (secondary N) is 2. The molecular weight excluding hydrogens is 322 g/mol. The van der Waals surface area contributed by atoms with Crippen LogP contribution in [0.15, 0.2) is 53.3 Å². The van der Waals surface area contributed by atoms with Crippen LogP contribution in [0.25, 0.3) is 10.8 Å². The summed E-state index contributed by atoms with van der Waals surface area (Å²) in [4.78, 5) is 24.2. The number of fused-ring (bicyclic) bond motifs is 2. The normalized spacial score (nSPS) is 15.8. The molecule has 126 valence electrons. The summed E-state index contributed by atoms with van der Waals surface area (Å²) in [5.41, 5.74) is 0.326. The molecule has 1 amide bonds. The topological polar surface area (TPSA) is 93.3 Å². The molecule has 2 heterocycles. The maximum absolute atomic E-state index is 12.4. The van der Waals surface area contributed by atoms with Gasteiger partial charge in [-0.3, -0.25) is 9.59 Å². The van der Waals surface area contributed by atoms with Crippen LogP contribution in [0.1, 0.15) is 5.69 Å². The van der Waals surface area contributed by atoms with Gasteiger partial charge in [-0.15, -0.1) is 0 Å². The van der Waals surface area contributed by atoms with Gasteiger partial charge in [-0.05, 0) is 18.2 Å². The standard InChI is InChI=1S/C18H15N3O4/c22-17-12-6-2-1-5-11(12)13(20-21-17)9-19-18(23)16-10-24-14-7-3-4-8-15(14)25-16/h1-8,16H,9-10H2,(H,19,23)(H,21,22). The van der Waals surface area contributed by atoms with Gasteiger partial charge >= 0.3 is 0 Å². The first-order chi connectivity index (χ1) is 12.2. The van der Waals surface area contributed by atoms with Gasteiger partial charge in [0.15, 0.2) is 11.5 Å². The number of ether oxygens (including phenoxy) is 2. The molecule has 4 rings (SSSR count). The third-order valence-electron chi connectivity index (χ3n) is 4.01. The van der Waals surface area contributed by atoms with Crippen LogP contribution < -0.4 is 20.3 Å². The predicted octanol–water partition coefficient (Wildman–Crippen LogP) is 1.38. The van der Waals surface area contributed by atoms with Gasteiger partial charge in [0, 0.05) is 5.39 Å². The maximum Gasteiger partial charge on any atom is 0.272 e. The molecule has 1 unspecified atom stereocenters. The zero-order chi connectivity index (χ0) is 17.2. The van der Waals surface area contributed by atoms with E-state index in [0.29, 0.717) is 28.0 Å². The average molecular weight is 337 g/mol. The number of rotatable bonds is 3. The molecule has 0 bridgehead atoms. The molecule has 3 aromatic rings. The van der Waals surface area contributed by atoms with E-state index in [-0.39, 0.29) is 24.6 Å². The quantitative estimate of drug-likeness (QED) is 0.753. The van der Waals surface area contributed by atoms with E-state index in [1.807, 2.05) is 18.2 Å². The number of hydrogen-bond donors (Lipinski definition) is 2. The van der Waals surface area contributed by atoms with Crippen molar-refractivity contribution in [2.45, 2.75) is 12.6 Å². The molecule has 0 saturated heterocycles. The van der Waals surface area contributed by atoms with Gasteiger partial charge in [-0.2, -0.15) is 5.10 Å². The number of carbonyl (C=O) groups excluding carboxylic acids is 1. The third-order valence-corrected chi connectivity index (χ3v) is 4.01. The second-order valence-corrected chi connectivity index (χ2v) is 5.63. The zero-order valence-electron chi connectivity index (χ0n) is 13.2. The highest BCUT2D eigenvalue weighted by Crippen LogP contribution is 2.30. The second kappa shape index (κ2) is 6.27. The lowest BCUT2D eigenvalue weighted by atomic mass is 10.1. The lowest BCUT2D eigenvalue weighted by Gasteiger charge is -2.25. The van der Waals surface area contributed by atoms with Gasteiger partial charge in [-0.25, -0.2) is 5.10 Å². The zero-order valence-corrected chi connectivity index (χ0v) is 13.2. The minimum absolute atomic E-state index is 0.142. The molecule has 2 aromatic carbocycles. The summed E-state index contributed by atoms with van der Waals surface area (Å²) >= 11 is 0. The Kier molecular flexibility index (Phi) is 3.81. The molecule has 7 heteroatoms. The number of carbonyl (C=O) groups is 1. The van der Waals surface area contributed by atoms with Crippen LogP contribution in [0.4, 0.5) is 0 Å². The molecular formula is C18H15N3O4. The van der Waals surface area contributed by atoms with E-state index >= 15 is 0 Å². The molecule has 25 heavy (non-hydrogen) atoms. The summed E-state index contributed by atoms with van der Waals surface area (Å²) in [7, 11) is 0. The number of aromatic nitrogens is 2. The van der Waals surface area contributed by atoms with Crippen LogP contribution in [0.2, 0.25) is 0 Å². The molecule has 0 fully saturated rings. The summed E-state index contributed by atoms with van der Waals surface area (Å²) in [6, 6.07) is 14.3. The Hall–Kier alpha value is -3.35. The fraction of sp³-hybridized carbons (Fsp3) is 0.167. The number of benzene rings is 2. The van der Waals surface area contributed by atoms with E-state index in [9.17, 15) is 9.59 Å². The first-order valence-corrected chi connectivity index (χ1v) is 7.85. The van der Waals surface area contributed by atoms with Crippen LogP contribution in [0, 0.1) is 0 Å². The van der Waals surface area contributed by atoms with E-state index in [1.165, 1.54) is 0 Å². The Morgan fingerprint density at radius 1 is 1.12 bits per heavy atom. The fourth-order valence-corrected chi connectivity index (χ4v) is 2.74. The summed E-state index contributed by atoms with van der Waals surface area (Å²) in [5.74, 6) is 0.868. The first-order valence-electron chi connectivity index (χ1n) is 7.85. The van der Waals surface area contributed by atoms with Gasteiger partial charge in [-0.1, -0.05) is 30.3 Å². The summed E-state index contributed by atoms with van der Waals surface area (Å²) in [5, 5.41) is 10.5. The van der Waals surface area contributed by atoms with Crippen molar-refractivity contribution in [2.75, 3.05) is 6.61 Å². The van der Waals surface area contributed by atoms with Crippen molar-refractivity contribution in [3.8, 4) is 11.5 Å². The van der Waals surface area contributed by atoms with Crippen molar-refractivity contribution in [1.29, 1.82) is 0 Å². The Balaban J connectivity index is 1.48.